The highest BCUT2D eigenvalue weighted by Gasteiger charge is 2.26. The number of aromatic nitrogens is 8. The van der Waals surface area contributed by atoms with Crippen LogP contribution in [0.4, 0.5) is 0 Å². The summed E-state index contributed by atoms with van der Waals surface area (Å²) < 4.78 is 64.4. The summed E-state index contributed by atoms with van der Waals surface area (Å²) in [5.74, 6) is 0. The van der Waals surface area contributed by atoms with Crippen molar-refractivity contribution in [2.24, 2.45) is 49.3 Å². The second kappa shape index (κ2) is 28.2. The molecule has 0 unspecified atom stereocenters. The fourth-order valence-corrected chi connectivity index (χ4v) is 18.0. The van der Waals surface area contributed by atoms with Crippen LogP contribution in [-0.4, -0.2) is 18.3 Å². The third-order valence-corrected chi connectivity index (χ3v) is 23.7. The zero-order chi connectivity index (χ0) is 82.9. The number of nitrogens with zero attached hydrogens (tertiary/aromatic N) is 8. The fraction of sp³-hybridized carbons (Fsp3) is 0.143. The molecule has 0 bridgehead atoms. The van der Waals surface area contributed by atoms with E-state index in [1.807, 2.05) is 39.1 Å². The van der Waals surface area contributed by atoms with Gasteiger partial charge in [-0.3, -0.25) is 0 Å². The molecule has 8 aromatic heterocycles. The van der Waals surface area contributed by atoms with Gasteiger partial charge in [0.15, 0.2) is 24.8 Å². The minimum atomic E-state index is -2.12. The zero-order valence-corrected chi connectivity index (χ0v) is 66.4. The van der Waals surface area contributed by atoms with E-state index in [-0.39, 0.29) is 0 Å². The summed E-state index contributed by atoms with van der Waals surface area (Å²) in [4.78, 5) is 0. The lowest BCUT2D eigenvalue weighted by atomic mass is 10.00. The van der Waals surface area contributed by atoms with Crippen molar-refractivity contribution in [3.05, 3.63) is 342 Å². The molecule has 0 radical (unpaired) electrons. The van der Waals surface area contributed by atoms with E-state index < -0.39 is 13.7 Å². The Morgan fingerprint density at radius 1 is 0.239 bits per heavy atom. The maximum atomic E-state index is 7.78. The first-order chi connectivity index (χ1) is 57.2. The van der Waals surface area contributed by atoms with Crippen molar-refractivity contribution in [2.75, 3.05) is 0 Å². The van der Waals surface area contributed by atoms with Gasteiger partial charge in [0.25, 0.3) is 0 Å². The highest BCUT2D eigenvalue weighted by molar-refractivity contribution is 6.24. The van der Waals surface area contributed by atoms with E-state index in [4.69, 9.17) is 8.22 Å². The Bertz CT molecular complexity index is 7740. The monoisotopic (exact) mass is 1470 g/mol. The predicted octanol–water partition coefficient (Wildman–Crippen LogP) is 23.8. The van der Waals surface area contributed by atoms with Crippen molar-refractivity contribution in [1.82, 2.24) is 18.3 Å². The molecule has 13 aromatic carbocycles. The molecular formula is C105H94N8+4. The molecular weight excluding hydrogens is 1370 g/mol. The van der Waals surface area contributed by atoms with E-state index in [1.54, 1.807) is 24.3 Å². The van der Waals surface area contributed by atoms with Gasteiger partial charge in [-0.1, -0.05) is 210 Å². The molecule has 8 nitrogen and oxygen atoms in total. The van der Waals surface area contributed by atoms with Gasteiger partial charge in [0.05, 0.1) is 16.4 Å². The zero-order valence-electron chi connectivity index (χ0n) is 72.4. The van der Waals surface area contributed by atoms with Gasteiger partial charge in [0, 0.05) is 136 Å². The van der Waals surface area contributed by atoms with Crippen molar-refractivity contribution in [2.45, 2.75) is 55.2 Å². The van der Waals surface area contributed by atoms with Crippen LogP contribution >= 0.6 is 0 Å². The number of hydrogen-bond donors (Lipinski definition) is 0. The molecule has 0 aliphatic rings. The molecule has 21 aromatic rings. The Labute approximate surface area is 668 Å². The lowest BCUT2D eigenvalue weighted by Gasteiger charge is -2.09. The van der Waals surface area contributed by atoms with Crippen molar-refractivity contribution < 1.29 is 26.5 Å². The van der Waals surface area contributed by atoms with Gasteiger partial charge >= 0.3 is 0 Å². The van der Waals surface area contributed by atoms with Crippen LogP contribution in [-0.2, 0) is 49.3 Å². The van der Waals surface area contributed by atoms with Crippen LogP contribution in [0, 0.1) is 55.2 Å². The number of fused-ring (bicyclic) bond motifs is 20. The quantitative estimate of drug-likeness (QED) is 0.154. The minimum absolute atomic E-state index is 0.368. The van der Waals surface area contributed by atoms with Gasteiger partial charge in [-0.25, -0.2) is 4.57 Å². The maximum absolute atomic E-state index is 7.78. The van der Waals surface area contributed by atoms with Gasteiger partial charge in [0.1, 0.15) is 44.7 Å². The smallest absolute Gasteiger partial charge is 0.214 e. The van der Waals surface area contributed by atoms with Crippen molar-refractivity contribution in [3.63, 3.8) is 0 Å². The summed E-state index contributed by atoms with van der Waals surface area (Å²) in [5, 5.41) is 20.4. The average molecular weight is 1470 g/mol. The van der Waals surface area contributed by atoms with Gasteiger partial charge < -0.3 is 18.3 Å². The van der Waals surface area contributed by atoms with Crippen molar-refractivity contribution >= 4 is 130 Å². The van der Waals surface area contributed by atoms with E-state index in [0.29, 0.717) is 11.1 Å². The Morgan fingerprint density at radius 2 is 0.584 bits per heavy atom. The summed E-state index contributed by atoms with van der Waals surface area (Å²) >= 11 is 0. The number of rotatable bonds is 5. The molecule has 550 valence electrons. The molecule has 113 heavy (non-hydrogen) atoms. The molecule has 0 N–H and O–H groups in total. The summed E-state index contributed by atoms with van der Waals surface area (Å²) in [6.07, 6.45) is 8.89. The first-order valence-electron chi connectivity index (χ1n) is 41.8. The first kappa shape index (κ1) is 64.5. The van der Waals surface area contributed by atoms with Crippen LogP contribution in [0.1, 0.15) is 52.7 Å². The summed E-state index contributed by atoms with van der Waals surface area (Å²) in [6, 6.07) is 96.0. The highest BCUT2D eigenvalue weighted by Crippen LogP contribution is 2.42. The number of hydrogen-bond acceptors (Lipinski definition) is 0. The molecule has 0 aliphatic carbocycles. The Balaban J connectivity index is 0.000000110. The molecule has 0 saturated carbocycles. The summed E-state index contributed by atoms with van der Waals surface area (Å²) in [7, 11) is 14.8. The lowest BCUT2D eigenvalue weighted by Crippen LogP contribution is -2.30. The molecule has 0 atom stereocenters. The fourth-order valence-electron chi connectivity index (χ4n) is 18.0. The van der Waals surface area contributed by atoms with Gasteiger partial charge in [0.2, 0.25) is 22.8 Å². The predicted molar refractivity (Wildman–Crippen MR) is 476 cm³/mol. The van der Waals surface area contributed by atoms with Gasteiger partial charge in [-0.15, -0.1) is 0 Å². The molecule has 8 heterocycles. The van der Waals surface area contributed by atoms with Crippen LogP contribution in [0.15, 0.2) is 298 Å². The normalized spacial score (nSPS) is 12.7. The van der Waals surface area contributed by atoms with E-state index >= 15 is 0 Å². The lowest BCUT2D eigenvalue weighted by molar-refractivity contribution is -0.659. The molecule has 0 spiro atoms. The average Bonchev–Trinajstić information content (AvgIpc) is 1.58. The molecule has 21 rings (SSSR count). The van der Waals surface area contributed by atoms with Crippen LogP contribution in [0.2, 0.25) is 0 Å². The van der Waals surface area contributed by atoms with E-state index in [2.05, 4.69) is 362 Å². The third kappa shape index (κ3) is 12.2. The van der Waals surface area contributed by atoms with Crippen LogP contribution in [0.25, 0.3) is 181 Å². The van der Waals surface area contributed by atoms with Gasteiger partial charge in [-0.2, -0.15) is 13.7 Å². The number of pyridine rings is 4. The van der Waals surface area contributed by atoms with Crippen LogP contribution in [0.5, 0.6) is 0 Å². The molecule has 0 saturated heterocycles. The Kier molecular flexibility index (Phi) is 16.1. The summed E-state index contributed by atoms with van der Waals surface area (Å²) in [6.45, 7) is 8.41. The van der Waals surface area contributed by atoms with E-state index in [0.717, 1.165) is 44.8 Å². The third-order valence-electron chi connectivity index (χ3n) is 23.7. The van der Waals surface area contributed by atoms with Crippen molar-refractivity contribution in [3.8, 4) is 50.7 Å². The molecule has 0 aliphatic heterocycles. The second-order valence-electron chi connectivity index (χ2n) is 31.0. The number of para-hydroxylation sites is 1. The maximum Gasteiger partial charge on any atom is 0.214 e. The Hall–Kier alpha value is -13.3. The largest absolute Gasteiger partial charge is 0.339 e. The highest BCUT2D eigenvalue weighted by atomic mass is 15.0. The standard InChI is InChI=1S/C31H27N2.2C25H23N2.C24H21N2/c1-20-10-13-25(22(3)16-20)29-18-30-27(19-32(29)4)31-26-14-11-21(2)17-23(26)12-15-28(31)33(30)24-8-6-5-7-9-24;2*1-16-9-11-19(17(2)13-16)23-14-21-24(15-26(23)3)27(4)22-12-10-18-7-5-6-8-20(18)25(21)22;1-16-8-4-6-10-18(16)22-14-20-23(15-25(22)2)26(3)21-13-12-17-9-5-7-11-19(17)24(20)21/h5-19H,1-4H3;2*5-15H,1-4H3;4-15H,1-3H3/q4*+1/i2*1D3;;. The summed E-state index contributed by atoms with van der Waals surface area (Å²) in [5.41, 5.74) is 27.9. The SMILES string of the molecule is Cc1ccc(-c2cc3c4c5ccccc5ccc4n(C)c3c[n+]2C)c(C)c1.Cc1ccccc1-c1cc2c3c4ccccc4ccc3n(C)c2c[n+]1C.[2H]C([2H])([2H])c1ccc(-c2cc3c(c[n+]2C)c2c4ccc(C)cc4ccc2n3-c2ccccc2)c(C)c1.[2H]C([2H])([2H])c1ccc(-c2cc3c4c5ccccc5ccc4n(C)c3c[n+]2C)c(C)c1. The van der Waals surface area contributed by atoms with E-state index in [9.17, 15) is 0 Å². The molecule has 0 fully saturated rings. The Morgan fingerprint density at radius 3 is 1.04 bits per heavy atom. The van der Waals surface area contributed by atoms with Crippen molar-refractivity contribution in [1.29, 1.82) is 0 Å². The topological polar surface area (TPSA) is 35.2 Å². The minimum Gasteiger partial charge on any atom is -0.339 e. The first-order valence-corrected chi connectivity index (χ1v) is 38.8. The van der Waals surface area contributed by atoms with Crippen LogP contribution in [0.3, 0.4) is 0 Å². The van der Waals surface area contributed by atoms with Crippen LogP contribution < -0.4 is 18.3 Å². The molecule has 0 amide bonds. The van der Waals surface area contributed by atoms with Gasteiger partial charge in [-0.05, 0) is 181 Å². The molecule has 8 heteroatoms. The van der Waals surface area contributed by atoms with E-state index in [1.165, 1.54) is 170 Å². The number of benzene rings is 13. The number of aryl methyl sites for hydroxylation is 15. The second-order valence-corrected chi connectivity index (χ2v) is 31.0.